The van der Waals surface area contributed by atoms with Gasteiger partial charge in [-0.2, -0.15) is 0 Å². The molecular weight excluding hydrogens is 271 g/mol. The van der Waals surface area contributed by atoms with Gasteiger partial charge in [0, 0.05) is 25.2 Å². The van der Waals surface area contributed by atoms with Crippen LogP contribution >= 0.6 is 11.6 Å². The summed E-state index contributed by atoms with van der Waals surface area (Å²) >= 11 is 5.57. The van der Waals surface area contributed by atoms with Crippen molar-refractivity contribution in [2.75, 3.05) is 26.2 Å². The van der Waals surface area contributed by atoms with Crippen molar-refractivity contribution in [2.45, 2.75) is 18.6 Å². The van der Waals surface area contributed by atoms with Crippen molar-refractivity contribution < 1.29 is 14.2 Å². The third kappa shape index (κ3) is 4.31. The van der Waals surface area contributed by atoms with Crippen LogP contribution in [0.3, 0.4) is 0 Å². The quantitative estimate of drug-likeness (QED) is 0.856. The number of hydrogen-bond acceptors (Lipinski definition) is 4. The van der Waals surface area contributed by atoms with E-state index in [1.807, 2.05) is 0 Å². The van der Waals surface area contributed by atoms with Crippen molar-refractivity contribution in [3.8, 4) is 5.75 Å². The first-order valence-corrected chi connectivity index (χ1v) is 6.66. The standard InChI is InChI=1S/C13H18ClFN2O2/c14-12-2-1-11(5-13(12)15)19-8-10(18)7-17-4-3-9(16)6-17/h1-2,5,9-10,18H,3-4,6-8,16H2. The largest absolute Gasteiger partial charge is 0.491 e. The molecule has 1 fully saturated rings. The predicted octanol–water partition coefficient (Wildman–Crippen LogP) is 1.25. The third-order valence-electron chi connectivity index (χ3n) is 3.11. The predicted molar refractivity (Wildman–Crippen MR) is 71.9 cm³/mol. The average molecular weight is 289 g/mol. The molecule has 0 radical (unpaired) electrons. The highest BCUT2D eigenvalue weighted by Crippen LogP contribution is 2.20. The molecule has 4 nitrogen and oxygen atoms in total. The van der Waals surface area contributed by atoms with E-state index >= 15 is 0 Å². The molecular formula is C13H18ClFN2O2. The van der Waals surface area contributed by atoms with Crippen LogP contribution in [0.2, 0.25) is 5.02 Å². The lowest BCUT2D eigenvalue weighted by molar-refractivity contribution is 0.0753. The van der Waals surface area contributed by atoms with Gasteiger partial charge in [-0.05, 0) is 25.1 Å². The number of likely N-dealkylation sites (tertiary alicyclic amines) is 1. The number of halogens is 2. The number of ether oxygens (including phenoxy) is 1. The Morgan fingerprint density at radius 1 is 1.58 bits per heavy atom. The van der Waals surface area contributed by atoms with Gasteiger partial charge in [-0.25, -0.2) is 4.39 Å². The first-order valence-electron chi connectivity index (χ1n) is 6.28. The third-order valence-corrected chi connectivity index (χ3v) is 3.42. The summed E-state index contributed by atoms with van der Waals surface area (Å²) in [6.45, 7) is 2.33. The minimum Gasteiger partial charge on any atom is -0.491 e. The van der Waals surface area contributed by atoms with Crippen LogP contribution in [0.1, 0.15) is 6.42 Å². The molecule has 0 bridgehead atoms. The fourth-order valence-corrected chi connectivity index (χ4v) is 2.26. The molecule has 1 saturated heterocycles. The maximum atomic E-state index is 13.2. The summed E-state index contributed by atoms with van der Waals surface area (Å²) in [6.07, 6.45) is 0.333. The van der Waals surface area contributed by atoms with Gasteiger partial charge in [-0.3, -0.25) is 4.90 Å². The molecule has 106 valence electrons. The molecule has 1 aromatic rings. The smallest absolute Gasteiger partial charge is 0.145 e. The molecule has 1 aliphatic rings. The zero-order valence-corrected chi connectivity index (χ0v) is 11.3. The van der Waals surface area contributed by atoms with Gasteiger partial charge in [0.25, 0.3) is 0 Å². The molecule has 0 aliphatic carbocycles. The molecule has 1 aromatic carbocycles. The van der Waals surface area contributed by atoms with Crippen molar-refractivity contribution in [3.05, 3.63) is 29.0 Å². The molecule has 0 saturated carbocycles. The highest BCUT2D eigenvalue weighted by molar-refractivity contribution is 6.30. The lowest BCUT2D eigenvalue weighted by atomic mass is 10.3. The van der Waals surface area contributed by atoms with E-state index in [1.165, 1.54) is 12.1 Å². The normalized spacial score (nSPS) is 21.6. The van der Waals surface area contributed by atoms with E-state index in [0.717, 1.165) is 19.5 Å². The van der Waals surface area contributed by atoms with Crippen LogP contribution in [0.4, 0.5) is 4.39 Å². The Balaban J connectivity index is 1.76. The molecule has 19 heavy (non-hydrogen) atoms. The summed E-state index contributed by atoms with van der Waals surface area (Å²) in [4.78, 5) is 2.10. The first kappa shape index (κ1) is 14.5. The van der Waals surface area contributed by atoms with E-state index in [-0.39, 0.29) is 17.7 Å². The SMILES string of the molecule is NC1CCN(CC(O)COc2ccc(Cl)c(F)c2)C1. The molecule has 2 unspecified atom stereocenters. The Morgan fingerprint density at radius 3 is 3.00 bits per heavy atom. The Hall–Kier alpha value is -0.880. The number of hydrogen-bond donors (Lipinski definition) is 2. The van der Waals surface area contributed by atoms with Crippen LogP contribution < -0.4 is 10.5 Å². The molecule has 0 spiro atoms. The summed E-state index contributed by atoms with van der Waals surface area (Å²) in [5, 5.41) is 9.91. The van der Waals surface area contributed by atoms with Gasteiger partial charge in [-0.15, -0.1) is 0 Å². The zero-order chi connectivity index (χ0) is 13.8. The molecule has 2 atom stereocenters. The Labute approximate surface area is 116 Å². The summed E-state index contributed by atoms with van der Waals surface area (Å²) in [5.41, 5.74) is 5.79. The summed E-state index contributed by atoms with van der Waals surface area (Å²) < 4.78 is 18.5. The molecule has 6 heteroatoms. The Morgan fingerprint density at radius 2 is 2.37 bits per heavy atom. The van der Waals surface area contributed by atoms with Gasteiger partial charge in [0.05, 0.1) is 5.02 Å². The van der Waals surface area contributed by atoms with Gasteiger partial charge in [0.1, 0.15) is 24.3 Å². The Bertz CT molecular complexity index is 433. The van der Waals surface area contributed by atoms with Crippen molar-refractivity contribution in [3.63, 3.8) is 0 Å². The second-order valence-electron chi connectivity index (χ2n) is 4.85. The zero-order valence-electron chi connectivity index (χ0n) is 10.6. The van der Waals surface area contributed by atoms with E-state index in [2.05, 4.69) is 4.90 Å². The van der Waals surface area contributed by atoms with Crippen LogP contribution in [0.5, 0.6) is 5.75 Å². The van der Waals surface area contributed by atoms with E-state index in [1.54, 1.807) is 6.07 Å². The highest BCUT2D eigenvalue weighted by atomic mass is 35.5. The maximum Gasteiger partial charge on any atom is 0.145 e. The molecule has 3 N–H and O–H groups in total. The van der Waals surface area contributed by atoms with Gasteiger partial charge < -0.3 is 15.6 Å². The Kier molecular flexibility index (Phi) is 4.99. The van der Waals surface area contributed by atoms with Gasteiger partial charge >= 0.3 is 0 Å². The summed E-state index contributed by atoms with van der Waals surface area (Å²) in [6, 6.07) is 4.40. The number of nitrogens with two attached hydrogens (primary N) is 1. The van der Waals surface area contributed by atoms with Gasteiger partial charge in [0.15, 0.2) is 0 Å². The number of rotatable bonds is 5. The molecule has 1 aliphatic heterocycles. The molecule has 1 heterocycles. The second-order valence-corrected chi connectivity index (χ2v) is 5.26. The lowest BCUT2D eigenvalue weighted by Crippen LogP contribution is -2.35. The average Bonchev–Trinajstić information content (AvgIpc) is 2.76. The van der Waals surface area contributed by atoms with E-state index in [0.29, 0.717) is 12.3 Å². The van der Waals surface area contributed by atoms with Crippen molar-refractivity contribution in [2.24, 2.45) is 5.73 Å². The monoisotopic (exact) mass is 288 g/mol. The summed E-state index contributed by atoms with van der Waals surface area (Å²) in [5.74, 6) is -0.168. The molecule has 0 amide bonds. The number of nitrogens with zero attached hydrogens (tertiary/aromatic N) is 1. The van der Waals surface area contributed by atoms with Gasteiger partial charge in [-0.1, -0.05) is 11.6 Å². The van der Waals surface area contributed by atoms with Crippen LogP contribution in [0.25, 0.3) is 0 Å². The fourth-order valence-electron chi connectivity index (χ4n) is 2.14. The van der Waals surface area contributed by atoms with E-state index < -0.39 is 11.9 Å². The lowest BCUT2D eigenvalue weighted by Gasteiger charge is -2.19. The van der Waals surface area contributed by atoms with Crippen molar-refractivity contribution in [1.82, 2.24) is 4.90 Å². The van der Waals surface area contributed by atoms with Crippen molar-refractivity contribution >= 4 is 11.6 Å². The number of aliphatic hydroxyl groups excluding tert-OH is 1. The van der Waals surface area contributed by atoms with Gasteiger partial charge in [0.2, 0.25) is 0 Å². The minimum absolute atomic E-state index is 0.0546. The van der Waals surface area contributed by atoms with E-state index in [9.17, 15) is 9.50 Å². The minimum atomic E-state index is -0.621. The van der Waals surface area contributed by atoms with Crippen LogP contribution in [0.15, 0.2) is 18.2 Å². The summed E-state index contributed by atoms with van der Waals surface area (Å²) in [7, 11) is 0. The van der Waals surface area contributed by atoms with Crippen LogP contribution in [-0.2, 0) is 0 Å². The number of aliphatic hydroxyl groups is 1. The first-order chi connectivity index (χ1) is 9.04. The molecule has 2 rings (SSSR count). The van der Waals surface area contributed by atoms with E-state index in [4.69, 9.17) is 22.1 Å². The van der Waals surface area contributed by atoms with Crippen LogP contribution in [0, 0.1) is 5.82 Å². The number of β-amino-alcohol motifs (C(OH)–C–C–N with tert-alkyl or cyclic N) is 1. The number of benzene rings is 1. The topological polar surface area (TPSA) is 58.7 Å². The van der Waals surface area contributed by atoms with Crippen LogP contribution in [-0.4, -0.2) is 48.4 Å². The maximum absolute atomic E-state index is 13.2. The fraction of sp³-hybridized carbons (Fsp3) is 0.538. The highest BCUT2D eigenvalue weighted by Gasteiger charge is 2.21. The van der Waals surface area contributed by atoms with Crippen molar-refractivity contribution in [1.29, 1.82) is 0 Å². The second kappa shape index (κ2) is 6.52. The molecule has 0 aromatic heterocycles.